The molecular formula is C19H32ClN3O4S. The van der Waals surface area contributed by atoms with E-state index in [0.29, 0.717) is 63.2 Å². The molecule has 1 aliphatic heterocycles. The first kappa shape index (κ1) is 24.8. The Kier molecular flexibility index (Phi) is 9.36. The molecule has 0 saturated carbocycles. The zero-order valence-electron chi connectivity index (χ0n) is 16.9. The molecule has 0 aromatic heterocycles. The van der Waals surface area contributed by atoms with E-state index in [1.165, 1.54) is 10.4 Å². The van der Waals surface area contributed by atoms with Crippen molar-refractivity contribution in [1.29, 1.82) is 0 Å². The predicted molar refractivity (Wildman–Crippen MR) is 112 cm³/mol. The van der Waals surface area contributed by atoms with Gasteiger partial charge in [-0.15, -0.1) is 12.4 Å². The molecule has 0 unspecified atom stereocenters. The first-order valence-corrected chi connectivity index (χ1v) is 11.0. The summed E-state index contributed by atoms with van der Waals surface area (Å²) in [5, 5.41) is 3.00. The van der Waals surface area contributed by atoms with Gasteiger partial charge >= 0.3 is 0 Å². The van der Waals surface area contributed by atoms with Gasteiger partial charge in [0.05, 0.1) is 23.6 Å². The van der Waals surface area contributed by atoms with E-state index < -0.39 is 15.6 Å². The molecule has 28 heavy (non-hydrogen) atoms. The molecule has 1 aromatic carbocycles. The van der Waals surface area contributed by atoms with Crippen molar-refractivity contribution in [1.82, 2.24) is 9.62 Å². The van der Waals surface area contributed by atoms with Crippen molar-refractivity contribution in [3.63, 3.8) is 0 Å². The van der Waals surface area contributed by atoms with Crippen LogP contribution in [0.5, 0.6) is 0 Å². The van der Waals surface area contributed by atoms with Gasteiger partial charge < -0.3 is 15.8 Å². The number of morpholine rings is 1. The zero-order valence-corrected chi connectivity index (χ0v) is 18.5. The van der Waals surface area contributed by atoms with Crippen molar-refractivity contribution >= 4 is 28.3 Å². The third kappa shape index (κ3) is 5.24. The Bertz CT molecular complexity index is 752. The molecule has 1 aromatic rings. The summed E-state index contributed by atoms with van der Waals surface area (Å²) in [5.41, 5.74) is 6.42. The largest absolute Gasteiger partial charge is 0.379 e. The first-order chi connectivity index (χ1) is 12.8. The molecule has 1 aliphatic rings. The predicted octanol–water partition coefficient (Wildman–Crippen LogP) is 1.94. The van der Waals surface area contributed by atoms with E-state index in [1.54, 1.807) is 12.1 Å². The summed E-state index contributed by atoms with van der Waals surface area (Å²) < 4.78 is 32.9. The number of hydrogen-bond donors (Lipinski definition) is 2. The highest BCUT2D eigenvalue weighted by Crippen LogP contribution is 2.24. The maximum absolute atomic E-state index is 13.1. The van der Waals surface area contributed by atoms with Gasteiger partial charge in [-0.2, -0.15) is 4.31 Å². The van der Waals surface area contributed by atoms with Crippen molar-refractivity contribution in [2.75, 3.05) is 32.8 Å². The molecule has 3 N–H and O–H groups in total. The van der Waals surface area contributed by atoms with Gasteiger partial charge in [-0.1, -0.05) is 26.8 Å². The molecular weight excluding hydrogens is 402 g/mol. The van der Waals surface area contributed by atoms with E-state index in [4.69, 9.17) is 10.5 Å². The lowest BCUT2D eigenvalue weighted by Gasteiger charge is -2.31. The topological polar surface area (TPSA) is 102 Å². The van der Waals surface area contributed by atoms with E-state index in [2.05, 4.69) is 5.32 Å². The molecule has 1 heterocycles. The van der Waals surface area contributed by atoms with E-state index in [1.807, 2.05) is 20.8 Å². The van der Waals surface area contributed by atoms with Crippen LogP contribution in [-0.4, -0.2) is 57.0 Å². The molecule has 1 fully saturated rings. The van der Waals surface area contributed by atoms with Crippen LogP contribution in [0.15, 0.2) is 23.1 Å². The minimum Gasteiger partial charge on any atom is -0.379 e. The third-order valence-corrected chi connectivity index (χ3v) is 7.40. The van der Waals surface area contributed by atoms with Crippen molar-refractivity contribution in [3.05, 3.63) is 29.3 Å². The second-order valence-corrected chi connectivity index (χ2v) is 8.74. The molecule has 0 bridgehead atoms. The van der Waals surface area contributed by atoms with Crippen LogP contribution < -0.4 is 11.1 Å². The molecule has 0 aliphatic carbocycles. The third-order valence-electron chi connectivity index (χ3n) is 5.42. The maximum Gasteiger partial charge on any atom is 0.251 e. The van der Waals surface area contributed by atoms with Crippen molar-refractivity contribution in [3.8, 4) is 0 Å². The normalized spacial score (nSPS) is 15.7. The number of aryl methyl sites for hydroxylation is 1. The first-order valence-electron chi connectivity index (χ1n) is 9.57. The van der Waals surface area contributed by atoms with Crippen molar-refractivity contribution in [2.24, 2.45) is 5.73 Å². The lowest BCUT2D eigenvalue weighted by Crippen LogP contribution is -2.52. The molecule has 7 nitrogen and oxygen atoms in total. The van der Waals surface area contributed by atoms with Gasteiger partial charge in [0.1, 0.15) is 0 Å². The number of nitrogens with two attached hydrogens (primary N) is 1. The van der Waals surface area contributed by atoms with Crippen LogP contribution in [0.2, 0.25) is 0 Å². The number of nitrogens with one attached hydrogen (secondary N) is 1. The number of ether oxygens (including phenoxy) is 1. The summed E-state index contributed by atoms with van der Waals surface area (Å²) >= 11 is 0. The van der Waals surface area contributed by atoms with Gasteiger partial charge in [-0.05, 0) is 37.0 Å². The molecule has 160 valence electrons. The Morgan fingerprint density at radius 2 is 1.82 bits per heavy atom. The van der Waals surface area contributed by atoms with Gasteiger partial charge in [0.25, 0.3) is 5.91 Å². The number of amides is 1. The second kappa shape index (κ2) is 10.5. The minimum atomic E-state index is -3.67. The summed E-state index contributed by atoms with van der Waals surface area (Å²) in [5.74, 6) is -0.301. The van der Waals surface area contributed by atoms with Crippen LogP contribution in [0, 0.1) is 0 Å². The maximum atomic E-state index is 13.1. The Balaban J connectivity index is 0.00000392. The van der Waals surface area contributed by atoms with Gasteiger partial charge in [0.2, 0.25) is 10.0 Å². The summed E-state index contributed by atoms with van der Waals surface area (Å²) in [6, 6.07) is 4.90. The highest BCUT2D eigenvalue weighted by Gasteiger charge is 2.30. The van der Waals surface area contributed by atoms with E-state index in [0.717, 1.165) is 0 Å². The number of benzene rings is 1. The number of carbonyl (C=O) groups excluding carboxylic acids is 1. The van der Waals surface area contributed by atoms with Gasteiger partial charge in [0.15, 0.2) is 0 Å². The molecule has 1 saturated heterocycles. The SMILES string of the molecule is CCc1ccc(C(=O)NC(CC)(CC)CN)cc1S(=O)(=O)N1CCOCC1.Cl. The quantitative estimate of drug-likeness (QED) is 0.652. The van der Waals surface area contributed by atoms with Gasteiger partial charge in [-0.25, -0.2) is 8.42 Å². The van der Waals surface area contributed by atoms with Crippen LogP contribution in [0.3, 0.4) is 0 Å². The van der Waals surface area contributed by atoms with Crippen LogP contribution in [0.4, 0.5) is 0 Å². The molecule has 0 spiro atoms. The average molecular weight is 434 g/mol. The fourth-order valence-corrected chi connectivity index (χ4v) is 4.96. The fraction of sp³-hybridized carbons (Fsp3) is 0.632. The minimum absolute atomic E-state index is 0. The molecule has 0 radical (unpaired) electrons. The smallest absolute Gasteiger partial charge is 0.251 e. The van der Waals surface area contributed by atoms with Crippen LogP contribution in [-0.2, 0) is 21.2 Å². The lowest BCUT2D eigenvalue weighted by atomic mass is 9.92. The number of halogens is 1. The number of nitrogens with zero attached hydrogens (tertiary/aromatic N) is 1. The molecule has 9 heteroatoms. The van der Waals surface area contributed by atoms with E-state index in [-0.39, 0.29) is 23.2 Å². The van der Waals surface area contributed by atoms with Crippen molar-refractivity contribution < 1.29 is 17.9 Å². The number of hydrogen-bond acceptors (Lipinski definition) is 5. The second-order valence-electron chi connectivity index (χ2n) is 6.84. The molecule has 2 rings (SSSR count). The summed E-state index contributed by atoms with van der Waals surface area (Å²) in [7, 11) is -3.67. The molecule has 0 atom stereocenters. The zero-order chi connectivity index (χ0) is 20.1. The summed E-state index contributed by atoms with van der Waals surface area (Å²) in [6.45, 7) is 7.60. The molecule has 1 amide bonds. The Morgan fingerprint density at radius 1 is 1.21 bits per heavy atom. The summed E-state index contributed by atoms with van der Waals surface area (Å²) in [6.07, 6.45) is 1.98. The Morgan fingerprint density at radius 3 is 2.32 bits per heavy atom. The monoisotopic (exact) mass is 433 g/mol. The van der Waals surface area contributed by atoms with Crippen LogP contribution >= 0.6 is 12.4 Å². The highest BCUT2D eigenvalue weighted by atomic mass is 35.5. The number of carbonyl (C=O) groups is 1. The Labute approximate surface area is 174 Å². The fourth-order valence-electron chi connectivity index (χ4n) is 3.23. The standard InChI is InChI=1S/C19H31N3O4S.ClH/c1-4-15-7-8-16(18(23)21-19(5-2,6-3)14-20)13-17(15)27(24,25)22-9-11-26-12-10-22;/h7-8,13H,4-6,9-12,14,20H2,1-3H3,(H,21,23);1H. The van der Waals surface area contributed by atoms with Gasteiger partial charge in [0, 0.05) is 25.2 Å². The van der Waals surface area contributed by atoms with Gasteiger partial charge in [-0.3, -0.25) is 4.79 Å². The van der Waals surface area contributed by atoms with E-state index in [9.17, 15) is 13.2 Å². The summed E-state index contributed by atoms with van der Waals surface area (Å²) in [4.78, 5) is 13.0. The van der Waals surface area contributed by atoms with E-state index >= 15 is 0 Å². The number of sulfonamides is 1. The highest BCUT2D eigenvalue weighted by molar-refractivity contribution is 7.89. The van der Waals surface area contributed by atoms with Crippen LogP contribution in [0.25, 0.3) is 0 Å². The van der Waals surface area contributed by atoms with Crippen molar-refractivity contribution in [2.45, 2.75) is 50.5 Å². The van der Waals surface area contributed by atoms with Crippen LogP contribution in [0.1, 0.15) is 49.5 Å². The Hall–Kier alpha value is -1.19. The number of rotatable bonds is 8. The average Bonchev–Trinajstić information content (AvgIpc) is 2.72. The lowest BCUT2D eigenvalue weighted by molar-refractivity contribution is 0.0730.